The summed E-state index contributed by atoms with van der Waals surface area (Å²) in [5.74, 6) is -1.75. The summed E-state index contributed by atoms with van der Waals surface area (Å²) in [6.45, 7) is 6.29. The molecule has 3 unspecified atom stereocenters. The van der Waals surface area contributed by atoms with Crippen molar-refractivity contribution in [1.82, 2.24) is 0 Å². The largest absolute Gasteiger partial charge is 0.481 e. The molecule has 1 aliphatic rings. The normalized spacial score (nSPS) is 23.0. The van der Waals surface area contributed by atoms with Gasteiger partial charge >= 0.3 is 11.9 Å². The summed E-state index contributed by atoms with van der Waals surface area (Å²) < 4.78 is 5.44. The van der Waals surface area contributed by atoms with Gasteiger partial charge in [-0.1, -0.05) is 38.8 Å². The first-order valence-electron chi connectivity index (χ1n) is 8.00. The van der Waals surface area contributed by atoms with Crippen molar-refractivity contribution in [3.8, 4) is 0 Å². The third-order valence-electron chi connectivity index (χ3n) is 4.01. The summed E-state index contributed by atoms with van der Waals surface area (Å²) in [6.07, 6.45) is 8.67. The molecule has 120 valence electrons. The summed E-state index contributed by atoms with van der Waals surface area (Å²) in [6, 6.07) is 0. The minimum atomic E-state index is -0.911. The SMILES string of the molecule is CC(C)CCCCC(C)OC(=O)C1CC=CCC1C(=O)O. The van der Waals surface area contributed by atoms with Crippen molar-refractivity contribution in [3.05, 3.63) is 12.2 Å². The minimum Gasteiger partial charge on any atom is -0.481 e. The number of carbonyl (C=O) groups is 2. The van der Waals surface area contributed by atoms with Gasteiger partial charge in [0, 0.05) is 0 Å². The third kappa shape index (κ3) is 6.32. The van der Waals surface area contributed by atoms with Crippen molar-refractivity contribution in [2.75, 3.05) is 0 Å². The molecule has 1 aliphatic carbocycles. The van der Waals surface area contributed by atoms with E-state index in [1.54, 1.807) is 0 Å². The molecule has 0 aromatic heterocycles. The highest BCUT2D eigenvalue weighted by Crippen LogP contribution is 2.27. The Balaban J connectivity index is 2.37. The van der Waals surface area contributed by atoms with Crippen molar-refractivity contribution < 1.29 is 19.4 Å². The maximum absolute atomic E-state index is 12.1. The second-order valence-corrected chi connectivity index (χ2v) is 6.42. The van der Waals surface area contributed by atoms with Crippen LogP contribution < -0.4 is 0 Å². The number of esters is 1. The topological polar surface area (TPSA) is 63.6 Å². The summed E-state index contributed by atoms with van der Waals surface area (Å²) in [7, 11) is 0. The van der Waals surface area contributed by atoms with E-state index in [-0.39, 0.29) is 12.1 Å². The molecule has 0 heterocycles. The van der Waals surface area contributed by atoms with Crippen molar-refractivity contribution in [2.45, 2.75) is 65.4 Å². The summed E-state index contributed by atoms with van der Waals surface area (Å²) in [5.41, 5.74) is 0. The quantitative estimate of drug-likeness (QED) is 0.420. The van der Waals surface area contributed by atoms with Crippen LogP contribution in [0.4, 0.5) is 0 Å². The first-order valence-corrected chi connectivity index (χ1v) is 8.00. The lowest BCUT2D eigenvalue weighted by molar-refractivity contribution is -0.161. The van der Waals surface area contributed by atoms with Crippen LogP contribution in [-0.2, 0) is 14.3 Å². The standard InChI is InChI=1S/C17H28O4/c1-12(2)8-4-5-9-13(3)21-17(20)15-11-7-6-10-14(15)16(18)19/h6-7,12-15H,4-5,8-11H2,1-3H3,(H,18,19). The van der Waals surface area contributed by atoms with Crippen LogP contribution in [0.15, 0.2) is 12.2 Å². The Kier molecular flexibility index (Phi) is 7.48. The summed E-state index contributed by atoms with van der Waals surface area (Å²) in [4.78, 5) is 23.3. The predicted octanol–water partition coefficient (Wildman–Crippen LogP) is 3.80. The van der Waals surface area contributed by atoms with Crippen LogP contribution in [0.2, 0.25) is 0 Å². The lowest BCUT2D eigenvalue weighted by Gasteiger charge is -2.25. The van der Waals surface area contributed by atoms with Crippen molar-refractivity contribution in [1.29, 1.82) is 0 Å². The lowest BCUT2D eigenvalue weighted by atomic mass is 9.83. The molecule has 0 aromatic carbocycles. The molecule has 0 fully saturated rings. The monoisotopic (exact) mass is 296 g/mol. The molecular weight excluding hydrogens is 268 g/mol. The van der Waals surface area contributed by atoms with Crippen LogP contribution in [0.5, 0.6) is 0 Å². The number of rotatable bonds is 8. The fourth-order valence-corrected chi connectivity index (χ4v) is 2.68. The Morgan fingerprint density at radius 3 is 2.24 bits per heavy atom. The number of ether oxygens (including phenoxy) is 1. The highest BCUT2D eigenvalue weighted by molar-refractivity contribution is 5.81. The minimum absolute atomic E-state index is 0.134. The molecule has 4 heteroatoms. The van der Waals surface area contributed by atoms with Gasteiger partial charge in [-0.05, 0) is 38.5 Å². The Bertz CT molecular complexity index is 373. The van der Waals surface area contributed by atoms with Gasteiger partial charge in [-0.2, -0.15) is 0 Å². The number of hydrogen-bond acceptors (Lipinski definition) is 3. The van der Waals surface area contributed by atoms with Crippen LogP contribution in [-0.4, -0.2) is 23.1 Å². The number of allylic oxidation sites excluding steroid dienone is 2. The molecule has 0 radical (unpaired) electrons. The van der Waals surface area contributed by atoms with E-state index in [1.165, 1.54) is 6.42 Å². The number of carbonyl (C=O) groups excluding carboxylic acids is 1. The fourth-order valence-electron chi connectivity index (χ4n) is 2.68. The molecule has 1 rings (SSSR count). The van der Waals surface area contributed by atoms with Crippen molar-refractivity contribution in [3.63, 3.8) is 0 Å². The van der Waals surface area contributed by atoms with Crippen LogP contribution in [0.3, 0.4) is 0 Å². The van der Waals surface area contributed by atoms with Gasteiger partial charge in [-0.25, -0.2) is 0 Å². The van der Waals surface area contributed by atoms with Crippen LogP contribution >= 0.6 is 0 Å². The van der Waals surface area contributed by atoms with E-state index in [0.717, 1.165) is 19.3 Å². The van der Waals surface area contributed by atoms with E-state index in [4.69, 9.17) is 4.74 Å². The predicted molar refractivity (Wildman–Crippen MR) is 81.8 cm³/mol. The molecule has 3 atom stereocenters. The van der Waals surface area contributed by atoms with Crippen LogP contribution in [0.25, 0.3) is 0 Å². The molecule has 0 amide bonds. The lowest BCUT2D eigenvalue weighted by Crippen LogP contribution is -2.33. The Hall–Kier alpha value is -1.32. The Labute approximate surface area is 127 Å². The first-order chi connectivity index (χ1) is 9.91. The van der Waals surface area contributed by atoms with E-state index in [2.05, 4.69) is 13.8 Å². The number of unbranched alkanes of at least 4 members (excludes halogenated alkanes) is 1. The second-order valence-electron chi connectivity index (χ2n) is 6.42. The fraction of sp³-hybridized carbons (Fsp3) is 0.765. The van der Waals surface area contributed by atoms with Gasteiger partial charge in [0.2, 0.25) is 0 Å². The number of carboxylic acids is 1. The number of carboxylic acid groups (broad SMARTS) is 1. The van der Waals surface area contributed by atoms with Gasteiger partial charge in [0.15, 0.2) is 0 Å². The maximum atomic E-state index is 12.1. The van der Waals surface area contributed by atoms with E-state index in [9.17, 15) is 14.7 Å². The van der Waals surface area contributed by atoms with Gasteiger partial charge in [-0.3, -0.25) is 9.59 Å². The maximum Gasteiger partial charge on any atom is 0.310 e. The molecular formula is C17H28O4. The molecule has 0 saturated carbocycles. The molecule has 4 nitrogen and oxygen atoms in total. The van der Waals surface area contributed by atoms with E-state index in [1.807, 2.05) is 19.1 Å². The Morgan fingerprint density at radius 2 is 1.67 bits per heavy atom. The molecule has 21 heavy (non-hydrogen) atoms. The van der Waals surface area contributed by atoms with Gasteiger partial charge in [0.1, 0.15) is 0 Å². The Morgan fingerprint density at radius 1 is 1.10 bits per heavy atom. The summed E-state index contributed by atoms with van der Waals surface area (Å²) >= 11 is 0. The third-order valence-corrected chi connectivity index (χ3v) is 4.01. The van der Waals surface area contributed by atoms with Crippen LogP contribution in [0, 0.1) is 17.8 Å². The second kappa shape index (κ2) is 8.85. The zero-order valence-electron chi connectivity index (χ0n) is 13.4. The van der Waals surface area contributed by atoms with Crippen LogP contribution in [0.1, 0.15) is 59.3 Å². The zero-order chi connectivity index (χ0) is 15.8. The van der Waals surface area contributed by atoms with Gasteiger partial charge < -0.3 is 9.84 Å². The van der Waals surface area contributed by atoms with Crippen molar-refractivity contribution >= 4 is 11.9 Å². The first kappa shape index (κ1) is 17.7. The molecule has 0 aromatic rings. The number of aliphatic carboxylic acids is 1. The van der Waals surface area contributed by atoms with E-state index >= 15 is 0 Å². The molecule has 0 spiro atoms. The molecule has 0 bridgehead atoms. The van der Waals surface area contributed by atoms with Gasteiger partial charge in [0.05, 0.1) is 17.9 Å². The van der Waals surface area contributed by atoms with Gasteiger partial charge in [-0.15, -0.1) is 0 Å². The van der Waals surface area contributed by atoms with E-state index in [0.29, 0.717) is 18.8 Å². The average Bonchev–Trinajstić information content (AvgIpc) is 2.43. The average molecular weight is 296 g/mol. The van der Waals surface area contributed by atoms with E-state index < -0.39 is 17.8 Å². The summed E-state index contributed by atoms with van der Waals surface area (Å²) in [5, 5.41) is 9.18. The zero-order valence-corrected chi connectivity index (χ0v) is 13.4. The molecule has 0 saturated heterocycles. The highest BCUT2D eigenvalue weighted by atomic mass is 16.5. The molecule has 0 aliphatic heterocycles. The highest BCUT2D eigenvalue weighted by Gasteiger charge is 2.35. The van der Waals surface area contributed by atoms with Crippen molar-refractivity contribution in [2.24, 2.45) is 17.8 Å². The number of hydrogen-bond donors (Lipinski definition) is 1. The smallest absolute Gasteiger partial charge is 0.310 e. The van der Waals surface area contributed by atoms with Gasteiger partial charge in [0.25, 0.3) is 0 Å². The molecule has 1 N–H and O–H groups in total.